The van der Waals surface area contributed by atoms with E-state index in [0.717, 1.165) is 11.6 Å². The van der Waals surface area contributed by atoms with Gasteiger partial charge in [0.05, 0.1) is 11.3 Å². The van der Waals surface area contributed by atoms with Gasteiger partial charge in [-0.25, -0.2) is 9.37 Å². The van der Waals surface area contributed by atoms with Gasteiger partial charge >= 0.3 is 0 Å². The first kappa shape index (κ1) is 20.2. The van der Waals surface area contributed by atoms with Crippen molar-refractivity contribution >= 4 is 45.6 Å². The fourth-order valence-corrected chi connectivity index (χ4v) is 3.25. The van der Waals surface area contributed by atoms with Gasteiger partial charge in [-0.3, -0.25) is 19.7 Å². The van der Waals surface area contributed by atoms with E-state index >= 15 is 0 Å². The van der Waals surface area contributed by atoms with Crippen LogP contribution in [0.5, 0.6) is 0 Å². The Labute approximate surface area is 170 Å². The Bertz CT molecular complexity index is 1080. The van der Waals surface area contributed by atoms with Gasteiger partial charge in [0.25, 0.3) is 5.91 Å². The number of nitrogens with one attached hydrogen (secondary N) is 3. The third-order valence-corrected chi connectivity index (χ3v) is 4.51. The smallest absolute Gasteiger partial charge is 0.260 e. The Hall–Kier alpha value is -3.59. The number of carbonyl (C=O) groups excluding carboxylic acids is 3. The molecule has 0 aliphatic rings. The lowest BCUT2D eigenvalue weighted by Gasteiger charge is -2.07. The van der Waals surface area contributed by atoms with Crippen molar-refractivity contribution in [3.63, 3.8) is 0 Å². The first-order valence-electron chi connectivity index (χ1n) is 8.54. The molecule has 2 aromatic carbocycles. The van der Waals surface area contributed by atoms with Gasteiger partial charge in [-0.15, -0.1) is 11.3 Å². The molecule has 0 unspecified atom stereocenters. The van der Waals surface area contributed by atoms with Gasteiger partial charge in [-0.1, -0.05) is 12.1 Å². The van der Waals surface area contributed by atoms with Crippen LogP contribution in [0.4, 0.5) is 20.9 Å². The van der Waals surface area contributed by atoms with E-state index < -0.39 is 11.7 Å². The third kappa shape index (κ3) is 5.23. The van der Waals surface area contributed by atoms with Crippen LogP contribution in [0.1, 0.15) is 24.2 Å². The Morgan fingerprint density at radius 2 is 1.52 bits per heavy atom. The zero-order valence-electron chi connectivity index (χ0n) is 15.6. The first-order valence-corrected chi connectivity index (χ1v) is 9.42. The number of amides is 3. The van der Waals surface area contributed by atoms with Crippen molar-refractivity contribution in [1.29, 1.82) is 0 Å². The maximum absolute atomic E-state index is 14.0. The van der Waals surface area contributed by atoms with Crippen molar-refractivity contribution in [3.05, 3.63) is 59.2 Å². The zero-order valence-corrected chi connectivity index (χ0v) is 16.4. The van der Waals surface area contributed by atoms with Crippen LogP contribution in [-0.4, -0.2) is 22.7 Å². The summed E-state index contributed by atoms with van der Waals surface area (Å²) in [6, 6.07) is 10.8. The summed E-state index contributed by atoms with van der Waals surface area (Å²) < 4.78 is 14.0. The molecule has 0 aliphatic heterocycles. The standard InChI is InChI=1S/C20H17FN4O3S/c1-11(26)22-14-5-3-13(4-6-14)18-10-29-20(24-18)25-19(28)16-9-15(23-12(2)27)7-8-17(16)21/h3-10H,1-2H3,(H,22,26)(H,23,27)(H,24,25,28). The molecule has 0 radical (unpaired) electrons. The fourth-order valence-electron chi connectivity index (χ4n) is 2.54. The number of nitrogens with zero attached hydrogens (tertiary/aromatic N) is 1. The Morgan fingerprint density at radius 3 is 2.17 bits per heavy atom. The Kier molecular flexibility index (Phi) is 5.99. The molecule has 1 aromatic heterocycles. The predicted molar refractivity (Wildman–Crippen MR) is 111 cm³/mol. The number of rotatable bonds is 5. The minimum absolute atomic E-state index is 0.161. The Morgan fingerprint density at radius 1 is 0.897 bits per heavy atom. The van der Waals surface area contributed by atoms with E-state index in [1.807, 2.05) is 0 Å². The van der Waals surface area contributed by atoms with E-state index in [9.17, 15) is 18.8 Å². The van der Waals surface area contributed by atoms with Crippen LogP contribution in [0.25, 0.3) is 11.3 Å². The quantitative estimate of drug-likeness (QED) is 0.587. The monoisotopic (exact) mass is 412 g/mol. The second-order valence-corrected chi connectivity index (χ2v) is 6.98. The van der Waals surface area contributed by atoms with Crippen molar-refractivity contribution < 1.29 is 18.8 Å². The molecule has 3 amide bonds. The average Bonchev–Trinajstić information content (AvgIpc) is 3.11. The van der Waals surface area contributed by atoms with Gasteiger partial charge in [0.1, 0.15) is 5.82 Å². The Balaban J connectivity index is 1.74. The summed E-state index contributed by atoms with van der Waals surface area (Å²) in [4.78, 5) is 39.0. The van der Waals surface area contributed by atoms with Crippen LogP contribution in [0.15, 0.2) is 47.8 Å². The lowest BCUT2D eigenvalue weighted by atomic mass is 10.1. The van der Waals surface area contributed by atoms with Crippen LogP contribution in [0.2, 0.25) is 0 Å². The van der Waals surface area contributed by atoms with Crippen LogP contribution >= 0.6 is 11.3 Å². The first-order chi connectivity index (χ1) is 13.8. The largest absolute Gasteiger partial charge is 0.326 e. The summed E-state index contributed by atoms with van der Waals surface area (Å²) in [5.41, 5.74) is 2.22. The number of carbonyl (C=O) groups is 3. The van der Waals surface area contributed by atoms with E-state index in [4.69, 9.17) is 0 Å². The molecule has 29 heavy (non-hydrogen) atoms. The van der Waals surface area contributed by atoms with Crippen molar-refractivity contribution in [2.45, 2.75) is 13.8 Å². The highest BCUT2D eigenvalue weighted by Crippen LogP contribution is 2.27. The summed E-state index contributed by atoms with van der Waals surface area (Å²) in [7, 11) is 0. The number of aromatic nitrogens is 1. The number of hydrogen-bond donors (Lipinski definition) is 3. The predicted octanol–water partition coefficient (Wildman–Crippen LogP) is 4.12. The van der Waals surface area contributed by atoms with E-state index in [-0.39, 0.29) is 17.4 Å². The SMILES string of the molecule is CC(=O)Nc1ccc(-c2csc(NC(=O)c3cc(NC(C)=O)ccc3F)n2)cc1. The molecule has 7 nitrogen and oxygen atoms in total. The highest BCUT2D eigenvalue weighted by molar-refractivity contribution is 7.14. The minimum atomic E-state index is -0.707. The third-order valence-electron chi connectivity index (χ3n) is 3.76. The molecule has 148 valence electrons. The van der Waals surface area contributed by atoms with Gasteiger partial charge in [0.2, 0.25) is 11.8 Å². The highest BCUT2D eigenvalue weighted by Gasteiger charge is 2.15. The molecule has 0 aliphatic carbocycles. The second-order valence-electron chi connectivity index (χ2n) is 6.13. The molecule has 0 saturated heterocycles. The molecule has 9 heteroatoms. The van der Waals surface area contributed by atoms with Gasteiger partial charge in [0, 0.05) is 36.2 Å². The second kappa shape index (κ2) is 8.61. The maximum Gasteiger partial charge on any atom is 0.260 e. The summed E-state index contributed by atoms with van der Waals surface area (Å²) in [6.45, 7) is 2.75. The normalized spacial score (nSPS) is 10.3. The summed E-state index contributed by atoms with van der Waals surface area (Å²) in [5, 5.41) is 9.82. The fraction of sp³-hybridized carbons (Fsp3) is 0.100. The van der Waals surface area contributed by atoms with Gasteiger partial charge < -0.3 is 10.6 Å². The topological polar surface area (TPSA) is 100 Å². The average molecular weight is 412 g/mol. The lowest BCUT2D eigenvalue weighted by Crippen LogP contribution is -2.15. The highest BCUT2D eigenvalue weighted by atomic mass is 32.1. The van der Waals surface area contributed by atoms with Crippen molar-refractivity contribution in [1.82, 2.24) is 4.98 Å². The van der Waals surface area contributed by atoms with Crippen LogP contribution in [-0.2, 0) is 9.59 Å². The van der Waals surface area contributed by atoms with Gasteiger partial charge in [-0.2, -0.15) is 0 Å². The van der Waals surface area contributed by atoms with Crippen LogP contribution in [0, 0.1) is 5.82 Å². The van der Waals surface area contributed by atoms with Crippen molar-refractivity contribution in [3.8, 4) is 11.3 Å². The minimum Gasteiger partial charge on any atom is -0.326 e. The molecule has 0 bridgehead atoms. The molecule has 0 fully saturated rings. The van der Waals surface area contributed by atoms with Gasteiger partial charge in [0.15, 0.2) is 5.13 Å². The molecule has 3 N–H and O–H groups in total. The summed E-state index contributed by atoms with van der Waals surface area (Å²) >= 11 is 1.20. The van der Waals surface area contributed by atoms with Crippen LogP contribution in [0.3, 0.4) is 0 Å². The molecule has 3 aromatic rings. The zero-order chi connectivity index (χ0) is 21.0. The molecular formula is C20H17FN4O3S. The lowest BCUT2D eigenvalue weighted by molar-refractivity contribution is -0.115. The molecule has 0 spiro atoms. The number of anilines is 3. The van der Waals surface area contributed by atoms with E-state index in [0.29, 0.717) is 22.2 Å². The number of benzene rings is 2. The van der Waals surface area contributed by atoms with E-state index in [1.54, 1.807) is 29.6 Å². The van der Waals surface area contributed by atoms with Crippen molar-refractivity contribution in [2.24, 2.45) is 0 Å². The molecular weight excluding hydrogens is 395 g/mol. The number of halogens is 1. The summed E-state index contributed by atoms with van der Waals surface area (Å²) in [6.07, 6.45) is 0. The molecule has 0 atom stereocenters. The van der Waals surface area contributed by atoms with E-state index in [2.05, 4.69) is 20.9 Å². The molecule has 1 heterocycles. The molecule has 0 saturated carbocycles. The van der Waals surface area contributed by atoms with Crippen molar-refractivity contribution in [2.75, 3.05) is 16.0 Å². The van der Waals surface area contributed by atoms with Crippen LogP contribution < -0.4 is 16.0 Å². The van der Waals surface area contributed by atoms with E-state index in [1.165, 1.54) is 37.3 Å². The summed E-state index contributed by atoms with van der Waals surface area (Å²) in [5.74, 6) is -1.86. The maximum atomic E-state index is 14.0. The molecule has 3 rings (SSSR count). The van der Waals surface area contributed by atoms with Gasteiger partial charge in [-0.05, 0) is 30.3 Å². The number of hydrogen-bond acceptors (Lipinski definition) is 5. The number of thiazole rings is 1.